The van der Waals surface area contributed by atoms with Crippen LogP contribution in [0.3, 0.4) is 0 Å². The van der Waals surface area contributed by atoms with Gasteiger partial charge in [0, 0.05) is 31.2 Å². The molecule has 5 nitrogen and oxygen atoms in total. The van der Waals surface area contributed by atoms with Crippen LogP contribution >= 0.6 is 0 Å². The van der Waals surface area contributed by atoms with Crippen molar-refractivity contribution < 1.29 is 0 Å². The van der Waals surface area contributed by atoms with Crippen LogP contribution in [-0.2, 0) is 12.8 Å². The Bertz CT molecular complexity index is 685. The summed E-state index contributed by atoms with van der Waals surface area (Å²) < 4.78 is 0. The van der Waals surface area contributed by atoms with Crippen molar-refractivity contribution in [2.75, 3.05) is 30.3 Å². The summed E-state index contributed by atoms with van der Waals surface area (Å²) in [6.07, 6.45) is 4.53. The Morgan fingerprint density at radius 2 is 1.91 bits per heavy atom. The Morgan fingerprint density at radius 1 is 1.09 bits per heavy atom. The van der Waals surface area contributed by atoms with Crippen molar-refractivity contribution in [3.8, 4) is 0 Å². The second-order valence-corrected chi connectivity index (χ2v) is 6.40. The standard InChI is InChI=1S/C18H23N5/c19-18-21-15-9-5-4-8-14(15)17(22-18)23-11-10-20-16(12-23)13-6-2-1-3-7-13/h1-3,6-7,16,20H,4-5,8-12H2,(H2,19,21,22)/t16-/m0/s1. The van der Waals surface area contributed by atoms with Crippen molar-refractivity contribution in [2.24, 2.45) is 0 Å². The first-order valence-electron chi connectivity index (χ1n) is 8.50. The van der Waals surface area contributed by atoms with Gasteiger partial charge in [0.2, 0.25) is 5.95 Å². The summed E-state index contributed by atoms with van der Waals surface area (Å²) >= 11 is 0. The van der Waals surface area contributed by atoms with Gasteiger partial charge in [0.15, 0.2) is 0 Å². The predicted octanol–water partition coefficient (Wildman–Crippen LogP) is 2.09. The van der Waals surface area contributed by atoms with Crippen LogP contribution in [0.5, 0.6) is 0 Å². The van der Waals surface area contributed by atoms with Crippen LogP contribution in [0.4, 0.5) is 11.8 Å². The van der Waals surface area contributed by atoms with Crippen LogP contribution in [-0.4, -0.2) is 29.6 Å². The molecule has 1 aliphatic heterocycles. The molecule has 4 rings (SSSR count). The number of nitrogens with zero attached hydrogens (tertiary/aromatic N) is 3. The first kappa shape index (κ1) is 14.5. The summed E-state index contributed by atoms with van der Waals surface area (Å²) in [6, 6.07) is 11.0. The second kappa shape index (κ2) is 6.16. The van der Waals surface area contributed by atoms with Gasteiger partial charge in [0.1, 0.15) is 5.82 Å². The summed E-state index contributed by atoms with van der Waals surface area (Å²) in [4.78, 5) is 11.5. The zero-order valence-corrected chi connectivity index (χ0v) is 13.3. The Balaban J connectivity index is 1.64. The molecule has 3 N–H and O–H groups in total. The number of benzene rings is 1. The quantitative estimate of drug-likeness (QED) is 0.889. The molecule has 23 heavy (non-hydrogen) atoms. The van der Waals surface area contributed by atoms with Crippen molar-refractivity contribution in [1.29, 1.82) is 0 Å². The normalized spacial score (nSPS) is 21.0. The van der Waals surface area contributed by atoms with E-state index in [-0.39, 0.29) is 0 Å². The molecule has 1 saturated heterocycles. The van der Waals surface area contributed by atoms with E-state index in [0.717, 1.165) is 44.0 Å². The average molecular weight is 309 g/mol. The number of aryl methyl sites for hydroxylation is 1. The Labute approximate surface area is 136 Å². The fourth-order valence-corrected chi connectivity index (χ4v) is 3.71. The van der Waals surface area contributed by atoms with E-state index >= 15 is 0 Å². The zero-order valence-electron chi connectivity index (χ0n) is 13.3. The third-order valence-corrected chi connectivity index (χ3v) is 4.86. The van der Waals surface area contributed by atoms with E-state index in [9.17, 15) is 0 Å². The molecule has 0 amide bonds. The molecule has 1 atom stereocenters. The Morgan fingerprint density at radius 3 is 2.78 bits per heavy atom. The third kappa shape index (κ3) is 2.88. The van der Waals surface area contributed by atoms with E-state index in [1.807, 2.05) is 0 Å². The van der Waals surface area contributed by atoms with Gasteiger partial charge in [0.05, 0.1) is 5.69 Å². The lowest BCUT2D eigenvalue weighted by Crippen LogP contribution is -2.46. The SMILES string of the molecule is Nc1nc2c(c(N3CCN[C@H](c4ccccc4)C3)n1)CCCC2. The molecular formula is C18H23N5. The van der Waals surface area contributed by atoms with Gasteiger partial charge in [-0.2, -0.15) is 4.98 Å². The monoisotopic (exact) mass is 309 g/mol. The first-order chi connectivity index (χ1) is 11.3. The van der Waals surface area contributed by atoms with Crippen molar-refractivity contribution in [3.63, 3.8) is 0 Å². The molecule has 1 aromatic heterocycles. The summed E-state index contributed by atoms with van der Waals surface area (Å²) in [7, 11) is 0. The molecule has 0 unspecified atom stereocenters. The van der Waals surface area contributed by atoms with Crippen molar-refractivity contribution in [2.45, 2.75) is 31.7 Å². The lowest BCUT2D eigenvalue weighted by atomic mass is 9.95. The van der Waals surface area contributed by atoms with Gasteiger partial charge in [0.25, 0.3) is 0 Å². The predicted molar refractivity (Wildman–Crippen MR) is 92.5 cm³/mol. The second-order valence-electron chi connectivity index (χ2n) is 6.40. The third-order valence-electron chi connectivity index (χ3n) is 4.86. The molecule has 0 bridgehead atoms. The fourth-order valence-electron chi connectivity index (χ4n) is 3.71. The van der Waals surface area contributed by atoms with Crippen LogP contribution in [0.2, 0.25) is 0 Å². The molecular weight excluding hydrogens is 286 g/mol. The molecule has 0 radical (unpaired) electrons. The lowest BCUT2D eigenvalue weighted by Gasteiger charge is -2.36. The van der Waals surface area contributed by atoms with Gasteiger partial charge >= 0.3 is 0 Å². The number of hydrogen-bond donors (Lipinski definition) is 2. The number of fused-ring (bicyclic) bond motifs is 1. The number of piperazine rings is 1. The summed E-state index contributed by atoms with van der Waals surface area (Å²) in [5.41, 5.74) is 9.78. The molecule has 2 aromatic rings. The molecule has 2 aliphatic rings. The largest absolute Gasteiger partial charge is 0.368 e. The molecule has 0 spiro atoms. The first-order valence-corrected chi connectivity index (χ1v) is 8.50. The molecule has 5 heteroatoms. The maximum atomic E-state index is 5.97. The van der Waals surface area contributed by atoms with Gasteiger partial charge in [-0.25, -0.2) is 4.98 Å². The van der Waals surface area contributed by atoms with Crippen LogP contribution in [0.15, 0.2) is 30.3 Å². The van der Waals surface area contributed by atoms with Gasteiger partial charge in [-0.15, -0.1) is 0 Å². The minimum Gasteiger partial charge on any atom is -0.368 e. The van der Waals surface area contributed by atoms with Crippen LogP contribution < -0.4 is 16.0 Å². The van der Waals surface area contributed by atoms with Crippen molar-refractivity contribution >= 4 is 11.8 Å². The number of rotatable bonds is 2. The highest BCUT2D eigenvalue weighted by Gasteiger charge is 2.26. The summed E-state index contributed by atoms with van der Waals surface area (Å²) in [6.45, 7) is 2.84. The molecule has 0 saturated carbocycles. The minimum absolute atomic E-state index is 0.334. The summed E-state index contributed by atoms with van der Waals surface area (Å²) in [5, 5.41) is 3.61. The zero-order chi connectivity index (χ0) is 15.6. The minimum atomic E-state index is 0.334. The number of anilines is 2. The maximum absolute atomic E-state index is 5.97. The van der Waals surface area contributed by atoms with Gasteiger partial charge in [-0.05, 0) is 31.2 Å². The van der Waals surface area contributed by atoms with Crippen LogP contribution in [0, 0.1) is 0 Å². The fraction of sp³-hybridized carbons (Fsp3) is 0.444. The Hall–Kier alpha value is -2.14. The van der Waals surface area contributed by atoms with E-state index in [1.165, 1.54) is 24.0 Å². The number of nitrogens with one attached hydrogen (secondary N) is 1. The smallest absolute Gasteiger partial charge is 0.222 e. The number of nitrogens with two attached hydrogens (primary N) is 1. The van der Waals surface area contributed by atoms with E-state index in [2.05, 4.69) is 50.5 Å². The molecule has 1 fully saturated rings. The van der Waals surface area contributed by atoms with Crippen molar-refractivity contribution in [3.05, 3.63) is 47.2 Å². The number of aromatic nitrogens is 2. The maximum Gasteiger partial charge on any atom is 0.222 e. The van der Waals surface area contributed by atoms with Gasteiger partial charge < -0.3 is 16.0 Å². The molecule has 120 valence electrons. The summed E-state index contributed by atoms with van der Waals surface area (Å²) in [5.74, 6) is 1.48. The number of hydrogen-bond acceptors (Lipinski definition) is 5. The Kier molecular flexibility index (Phi) is 3.87. The van der Waals surface area contributed by atoms with E-state index in [4.69, 9.17) is 5.73 Å². The van der Waals surface area contributed by atoms with E-state index in [0.29, 0.717) is 12.0 Å². The molecule has 2 heterocycles. The van der Waals surface area contributed by atoms with Gasteiger partial charge in [-0.3, -0.25) is 0 Å². The average Bonchev–Trinajstić information content (AvgIpc) is 2.62. The van der Waals surface area contributed by atoms with E-state index < -0.39 is 0 Å². The highest BCUT2D eigenvalue weighted by Crippen LogP contribution is 2.30. The van der Waals surface area contributed by atoms with Crippen LogP contribution in [0.25, 0.3) is 0 Å². The van der Waals surface area contributed by atoms with E-state index in [1.54, 1.807) is 0 Å². The van der Waals surface area contributed by atoms with Crippen molar-refractivity contribution in [1.82, 2.24) is 15.3 Å². The topological polar surface area (TPSA) is 67.1 Å². The highest BCUT2D eigenvalue weighted by molar-refractivity contribution is 5.53. The highest BCUT2D eigenvalue weighted by atomic mass is 15.3. The van der Waals surface area contributed by atoms with Gasteiger partial charge in [-0.1, -0.05) is 30.3 Å². The lowest BCUT2D eigenvalue weighted by molar-refractivity contribution is 0.467. The number of nitrogen functional groups attached to an aromatic ring is 1. The molecule has 1 aromatic carbocycles. The van der Waals surface area contributed by atoms with Crippen LogP contribution in [0.1, 0.15) is 35.7 Å². The molecule has 1 aliphatic carbocycles.